The van der Waals surface area contributed by atoms with Gasteiger partial charge in [0.15, 0.2) is 6.10 Å². The molecular weight excluding hydrogens is 169 g/mol. The Labute approximate surface area is 70.9 Å². The Morgan fingerprint density at radius 1 is 1.00 bits per heavy atom. The van der Waals surface area contributed by atoms with Crippen LogP contribution in [0.25, 0.3) is 0 Å². The van der Waals surface area contributed by atoms with Crippen molar-refractivity contribution in [3.63, 3.8) is 0 Å². The number of halogens is 3. The summed E-state index contributed by atoms with van der Waals surface area (Å²) in [5.41, 5.74) is 0. The third kappa shape index (κ3) is 3.95. The Balaban J connectivity index is 4.25. The van der Waals surface area contributed by atoms with E-state index >= 15 is 0 Å². The minimum atomic E-state index is -4.25. The van der Waals surface area contributed by atoms with Crippen molar-refractivity contribution in [2.45, 2.75) is 46.1 Å². The highest BCUT2D eigenvalue weighted by molar-refractivity contribution is 4.71. The lowest BCUT2D eigenvalue weighted by Crippen LogP contribution is -2.38. The van der Waals surface area contributed by atoms with E-state index in [0.717, 1.165) is 0 Å². The van der Waals surface area contributed by atoms with Crippen LogP contribution in [0.5, 0.6) is 0 Å². The summed E-state index contributed by atoms with van der Waals surface area (Å²) >= 11 is 0. The van der Waals surface area contributed by atoms with Crippen LogP contribution in [-0.4, -0.2) is 18.4 Å². The highest BCUT2D eigenvalue weighted by atomic mass is 19.4. The first-order valence-electron chi connectivity index (χ1n) is 3.97. The fourth-order valence-corrected chi connectivity index (χ4v) is 0.905. The number of hydrogen-bond donors (Lipinski definition) is 0. The van der Waals surface area contributed by atoms with E-state index in [-0.39, 0.29) is 6.10 Å². The third-order valence-electron chi connectivity index (χ3n) is 1.35. The van der Waals surface area contributed by atoms with E-state index in [1.165, 1.54) is 13.8 Å². The molecule has 0 N–H and O–H groups in total. The Hall–Kier alpha value is -0.250. The van der Waals surface area contributed by atoms with Gasteiger partial charge in [0.2, 0.25) is 0 Å². The maximum Gasteiger partial charge on any atom is 0.414 e. The van der Waals surface area contributed by atoms with Crippen molar-refractivity contribution in [2.75, 3.05) is 0 Å². The SMILES string of the molecule is CC(C)O[C@H](C(C)C)C(F)(F)F. The predicted octanol–water partition coefficient (Wildman–Crippen LogP) is 3.00. The number of alkyl halides is 3. The van der Waals surface area contributed by atoms with E-state index in [1.54, 1.807) is 13.8 Å². The van der Waals surface area contributed by atoms with Gasteiger partial charge in [-0.25, -0.2) is 0 Å². The summed E-state index contributed by atoms with van der Waals surface area (Å²) in [5.74, 6) is -0.535. The fourth-order valence-electron chi connectivity index (χ4n) is 0.905. The molecule has 0 aromatic heterocycles. The zero-order valence-corrected chi connectivity index (χ0v) is 7.77. The largest absolute Gasteiger partial charge is 0.414 e. The molecule has 0 aliphatic heterocycles. The molecule has 0 saturated heterocycles. The lowest BCUT2D eigenvalue weighted by molar-refractivity contribution is -0.242. The van der Waals surface area contributed by atoms with E-state index in [4.69, 9.17) is 4.74 Å². The van der Waals surface area contributed by atoms with Gasteiger partial charge in [0.1, 0.15) is 0 Å². The lowest BCUT2D eigenvalue weighted by atomic mass is 10.1. The van der Waals surface area contributed by atoms with Gasteiger partial charge in [-0.05, 0) is 19.8 Å². The van der Waals surface area contributed by atoms with E-state index in [1.807, 2.05) is 0 Å². The number of rotatable bonds is 3. The monoisotopic (exact) mass is 184 g/mol. The standard InChI is InChI=1S/C8H15F3O/c1-5(2)7(8(9,10)11)12-6(3)4/h5-7H,1-4H3/t7-/m1/s1. The van der Waals surface area contributed by atoms with Crippen molar-refractivity contribution in [1.82, 2.24) is 0 Å². The molecule has 0 aliphatic rings. The van der Waals surface area contributed by atoms with Crippen molar-refractivity contribution in [2.24, 2.45) is 5.92 Å². The fraction of sp³-hybridized carbons (Fsp3) is 1.00. The molecule has 4 heteroatoms. The van der Waals surface area contributed by atoms with Gasteiger partial charge in [-0.3, -0.25) is 0 Å². The summed E-state index contributed by atoms with van der Waals surface area (Å²) in [7, 11) is 0. The molecule has 0 rings (SSSR count). The van der Waals surface area contributed by atoms with Crippen LogP contribution in [0, 0.1) is 5.92 Å². The van der Waals surface area contributed by atoms with Crippen LogP contribution >= 0.6 is 0 Å². The van der Waals surface area contributed by atoms with Gasteiger partial charge in [-0.2, -0.15) is 13.2 Å². The molecule has 0 fully saturated rings. The highest BCUT2D eigenvalue weighted by Gasteiger charge is 2.42. The van der Waals surface area contributed by atoms with Crippen molar-refractivity contribution >= 4 is 0 Å². The van der Waals surface area contributed by atoms with Crippen LogP contribution < -0.4 is 0 Å². The zero-order valence-electron chi connectivity index (χ0n) is 7.77. The highest BCUT2D eigenvalue weighted by Crippen LogP contribution is 2.28. The van der Waals surface area contributed by atoms with Crippen molar-refractivity contribution < 1.29 is 17.9 Å². The molecule has 0 radical (unpaired) electrons. The lowest BCUT2D eigenvalue weighted by Gasteiger charge is -2.25. The second-order valence-electron chi connectivity index (χ2n) is 3.39. The Kier molecular flexibility index (Phi) is 4.03. The summed E-state index contributed by atoms with van der Waals surface area (Å²) in [5, 5.41) is 0. The number of hydrogen-bond acceptors (Lipinski definition) is 1. The smallest absolute Gasteiger partial charge is 0.366 e. The van der Waals surface area contributed by atoms with Gasteiger partial charge >= 0.3 is 6.18 Å². The summed E-state index contributed by atoms with van der Waals surface area (Å²) < 4.78 is 41.4. The molecular formula is C8H15F3O. The molecule has 0 heterocycles. The van der Waals surface area contributed by atoms with E-state index < -0.39 is 18.2 Å². The predicted molar refractivity (Wildman–Crippen MR) is 40.9 cm³/mol. The maximum atomic E-state index is 12.2. The molecule has 1 atom stereocenters. The first-order chi connectivity index (χ1) is 5.25. The minimum absolute atomic E-state index is 0.390. The molecule has 0 unspecified atom stereocenters. The molecule has 0 aliphatic carbocycles. The van der Waals surface area contributed by atoms with Gasteiger partial charge in [0, 0.05) is 0 Å². The average Bonchev–Trinajstić information content (AvgIpc) is 1.79. The van der Waals surface area contributed by atoms with Gasteiger partial charge < -0.3 is 4.74 Å². The normalized spacial score (nSPS) is 15.8. The van der Waals surface area contributed by atoms with Crippen molar-refractivity contribution in [1.29, 1.82) is 0 Å². The van der Waals surface area contributed by atoms with Crippen LogP contribution in [0.2, 0.25) is 0 Å². The van der Waals surface area contributed by atoms with Crippen LogP contribution in [-0.2, 0) is 4.74 Å². The quantitative estimate of drug-likeness (QED) is 0.655. The van der Waals surface area contributed by atoms with Gasteiger partial charge in [-0.15, -0.1) is 0 Å². The molecule has 0 spiro atoms. The molecule has 0 amide bonds. The summed E-state index contributed by atoms with van der Waals surface area (Å²) in [6, 6.07) is 0. The van der Waals surface area contributed by atoms with Crippen molar-refractivity contribution in [3.05, 3.63) is 0 Å². The first-order valence-corrected chi connectivity index (χ1v) is 3.97. The van der Waals surface area contributed by atoms with E-state index in [2.05, 4.69) is 0 Å². The summed E-state index contributed by atoms with van der Waals surface area (Å²) in [6.45, 7) is 6.20. The second-order valence-corrected chi connectivity index (χ2v) is 3.39. The van der Waals surface area contributed by atoms with E-state index in [9.17, 15) is 13.2 Å². The van der Waals surface area contributed by atoms with Crippen LogP contribution in [0.15, 0.2) is 0 Å². The molecule has 0 saturated carbocycles. The van der Waals surface area contributed by atoms with Crippen LogP contribution in [0.1, 0.15) is 27.7 Å². The Bertz CT molecular complexity index is 129. The molecule has 1 nitrogen and oxygen atoms in total. The average molecular weight is 184 g/mol. The van der Waals surface area contributed by atoms with Gasteiger partial charge in [0.05, 0.1) is 6.10 Å². The van der Waals surface area contributed by atoms with Gasteiger partial charge in [-0.1, -0.05) is 13.8 Å². The Morgan fingerprint density at radius 3 is 1.50 bits per heavy atom. The minimum Gasteiger partial charge on any atom is -0.366 e. The summed E-state index contributed by atoms with van der Waals surface area (Å²) in [6.07, 6.45) is -6.28. The summed E-state index contributed by atoms with van der Waals surface area (Å²) in [4.78, 5) is 0. The third-order valence-corrected chi connectivity index (χ3v) is 1.35. The molecule has 0 bridgehead atoms. The van der Waals surface area contributed by atoms with Crippen molar-refractivity contribution in [3.8, 4) is 0 Å². The molecule has 0 aromatic carbocycles. The van der Waals surface area contributed by atoms with E-state index in [0.29, 0.717) is 0 Å². The van der Waals surface area contributed by atoms with Crippen LogP contribution in [0.3, 0.4) is 0 Å². The maximum absolute atomic E-state index is 12.2. The topological polar surface area (TPSA) is 9.23 Å². The second kappa shape index (κ2) is 4.12. The van der Waals surface area contributed by atoms with Crippen LogP contribution in [0.4, 0.5) is 13.2 Å². The molecule has 0 aromatic rings. The Morgan fingerprint density at radius 2 is 1.42 bits per heavy atom. The zero-order chi connectivity index (χ0) is 9.94. The number of ether oxygens (including phenoxy) is 1. The first kappa shape index (κ1) is 11.8. The molecule has 12 heavy (non-hydrogen) atoms. The molecule has 74 valence electrons. The van der Waals surface area contributed by atoms with Gasteiger partial charge in [0.25, 0.3) is 0 Å².